The predicted octanol–water partition coefficient (Wildman–Crippen LogP) is 5.09. The normalized spacial score (nSPS) is 15.2. The molecule has 1 aliphatic carbocycles. The van der Waals surface area contributed by atoms with Crippen molar-refractivity contribution < 1.29 is 9.21 Å². The quantitative estimate of drug-likeness (QED) is 0.620. The van der Waals surface area contributed by atoms with Gasteiger partial charge < -0.3 is 9.32 Å². The highest BCUT2D eigenvalue weighted by atomic mass is 16.4. The number of hydrogen-bond donors (Lipinski definition) is 0. The van der Waals surface area contributed by atoms with Crippen LogP contribution in [-0.2, 0) is 0 Å². The van der Waals surface area contributed by atoms with E-state index in [9.17, 15) is 4.79 Å². The van der Waals surface area contributed by atoms with Crippen molar-refractivity contribution in [3.8, 4) is 11.3 Å². The fourth-order valence-corrected chi connectivity index (χ4v) is 4.46. The van der Waals surface area contributed by atoms with Crippen LogP contribution in [0.2, 0.25) is 0 Å². The van der Waals surface area contributed by atoms with Crippen LogP contribution in [0.3, 0.4) is 0 Å². The number of rotatable bonds is 5. The molecule has 2 heterocycles. The van der Waals surface area contributed by atoms with Crippen LogP contribution in [0.4, 0.5) is 0 Å². The summed E-state index contributed by atoms with van der Waals surface area (Å²) in [4.78, 5) is 15.3. The van der Waals surface area contributed by atoms with Gasteiger partial charge in [0.2, 0.25) is 5.71 Å². The Labute approximate surface area is 166 Å². The number of carbonyl (C=O) groups excluding carboxylic acids is 1. The van der Waals surface area contributed by atoms with Gasteiger partial charge in [-0.05, 0) is 58.4 Å². The number of hydrogen-bond acceptors (Lipinski definition) is 3. The zero-order valence-electron chi connectivity index (χ0n) is 17.7. The first-order valence-electron chi connectivity index (χ1n) is 10.2. The van der Waals surface area contributed by atoms with Crippen molar-refractivity contribution in [2.75, 3.05) is 7.05 Å². The lowest BCUT2D eigenvalue weighted by Gasteiger charge is -2.27. The van der Waals surface area contributed by atoms with E-state index in [1.165, 1.54) is 24.0 Å². The van der Waals surface area contributed by atoms with Crippen molar-refractivity contribution in [3.63, 3.8) is 0 Å². The Morgan fingerprint density at radius 3 is 2.61 bits per heavy atom. The van der Waals surface area contributed by atoms with Crippen molar-refractivity contribution in [3.05, 3.63) is 46.3 Å². The van der Waals surface area contributed by atoms with Gasteiger partial charge in [0, 0.05) is 18.7 Å². The molecule has 0 saturated heterocycles. The second-order valence-corrected chi connectivity index (χ2v) is 8.23. The summed E-state index contributed by atoms with van der Waals surface area (Å²) in [6.45, 7) is 10.2. The molecule has 1 fully saturated rings. The van der Waals surface area contributed by atoms with Gasteiger partial charge in [0.15, 0.2) is 0 Å². The first-order valence-corrected chi connectivity index (χ1v) is 10.2. The number of aryl methyl sites for hydroxylation is 4. The van der Waals surface area contributed by atoms with Crippen LogP contribution in [-0.4, -0.2) is 33.5 Å². The van der Waals surface area contributed by atoms with Gasteiger partial charge in [-0.3, -0.25) is 4.79 Å². The van der Waals surface area contributed by atoms with Crippen LogP contribution in [0.5, 0.6) is 0 Å². The molecule has 148 valence electrons. The van der Waals surface area contributed by atoms with Crippen LogP contribution in [0.25, 0.3) is 17.0 Å². The largest absolute Gasteiger partial charge is 0.440 e. The number of nitrogens with zero attached hydrogens (tertiary/aromatic N) is 3. The Morgan fingerprint density at radius 2 is 2.00 bits per heavy atom. The van der Waals surface area contributed by atoms with Crippen molar-refractivity contribution in [1.29, 1.82) is 0 Å². The molecule has 1 atom stereocenters. The molecular formula is C23H29N3O2. The van der Waals surface area contributed by atoms with Crippen LogP contribution in [0.15, 0.2) is 22.6 Å². The molecule has 2 aromatic heterocycles. The number of aromatic nitrogens is 2. The molecule has 1 amide bonds. The van der Waals surface area contributed by atoms with E-state index < -0.39 is 0 Å². The summed E-state index contributed by atoms with van der Waals surface area (Å²) in [5, 5.41) is 4.70. The number of carbonyl (C=O) groups is 1. The molecule has 28 heavy (non-hydrogen) atoms. The van der Waals surface area contributed by atoms with Gasteiger partial charge >= 0.3 is 0 Å². The molecule has 1 aromatic carbocycles. The third-order valence-corrected chi connectivity index (χ3v) is 6.07. The molecule has 0 bridgehead atoms. The number of fused-ring (bicyclic) bond motifs is 1. The van der Waals surface area contributed by atoms with Crippen LogP contribution in [0.1, 0.15) is 59.1 Å². The lowest BCUT2D eigenvalue weighted by Crippen LogP contribution is -2.38. The molecule has 0 radical (unpaired) electrons. The summed E-state index contributed by atoms with van der Waals surface area (Å²) in [6.07, 6.45) is 3.41. The van der Waals surface area contributed by atoms with E-state index >= 15 is 0 Å². The molecule has 1 unspecified atom stereocenters. The van der Waals surface area contributed by atoms with Crippen molar-refractivity contribution >= 4 is 11.6 Å². The zero-order chi connectivity index (χ0) is 20.2. The van der Waals surface area contributed by atoms with Gasteiger partial charge in [0.25, 0.3) is 5.91 Å². The standard InChI is InChI=1S/C23H29N3O2/c1-7-19(17-9-10-17)25(6)22(27)20-15(4)24-26-21(16(5)28-23(20)26)18-11-8-13(2)12-14(18)3/h8,11-12,17,19H,7,9-10H2,1-6H3. The molecule has 0 aliphatic heterocycles. The average molecular weight is 380 g/mol. The van der Waals surface area contributed by atoms with E-state index in [1.807, 2.05) is 30.3 Å². The molecular weight excluding hydrogens is 350 g/mol. The topological polar surface area (TPSA) is 50.8 Å². The van der Waals surface area contributed by atoms with Crippen LogP contribution < -0.4 is 0 Å². The van der Waals surface area contributed by atoms with E-state index in [0.717, 1.165) is 23.4 Å². The summed E-state index contributed by atoms with van der Waals surface area (Å²) in [6, 6.07) is 6.65. The second kappa shape index (κ2) is 6.80. The Morgan fingerprint density at radius 1 is 1.29 bits per heavy atom. The first kappa shape index (κ1) is 18.8. The fraction of sp³-hybridized carbons (Fsp3) is 0.478. The SMILES string of the molecule is CCC(C1CC1)N(C)C(=O)c1c(C)nn2c(-c3ccc(C)cc3C)c(C)oc12. The Kier molecular flexibility index (Phi) is 4.56. The maximum Gasteiger partial charge on any atom is 0.261 e. The summed E-state index contributed by atoms with van der Waals surface area (Å²) < 4.78 is 7.91. The summed E-state index contributed by atoms with van der Waals surface area (Å²) >= 11 is 0. The Hall–Kier alpha value is -2.56. The number of oxazole rings is 1. The van der Waals surface area contributed by atoms with E-state index in [1.54, 1.807) is 0 Å². The molecule has 1 saturated carbocycles. The number of amides is 1. The molecule has 0 N–H and O–H groups in total. The highest BCUT2D eigenvalue weighted by Gasteiger charge is 2.36. The van der Waals surface area contributed by atoms with Gasteiger partial charge in [-0.15, -0.1) is 0 Å². The third-order valence-electron chi connectivity index (χ3n) is 6.07. The maximum absolute atomic E-state index is 13.4. The van der Waals surface area contributed by atoms with Crippen molar-refractivity contribution in [1.82, 2.24) is 14.5 Å². The van der Waals surface area contributed by atoms with Gasteiger partial charge in [-0.2, -0.15) is 9.61 Å². The van der Waals surface area contributed by atoms with E-state index in [-0.39, 0.29) is 11.9 Å². The smallest absolute Gasteiger partial charge is 0.261 e. The maximum atomic E-state index is 13.4. The summed E-state index contributed by atoms with van der Waals surface area (Å²) in [5.74, 6) is 1.42. The second-order valence-electron chi connectivity index (χ2n) is 8.23. The molecule has 0 spiro atoms. The summed E-state index contributed by atoms with van der Waals surface area (Å²) in [7, 11) is 1.92. The lowest BCUT2D eigenvalue weighted by molar-refractivity contribution is 0.0708. The molecule has 5 nitrogen and oxygen atoms in total. The van der Waals surface area contributed by atoms with E-state index in [0.29, 0.717) is 22.9 Å². The highest BCUT2D eigenvalue weighted by molar-refractivity contribution is 6.01. The third kappa shape index (κ3) is 2.93. The van der Waals surface area contributed by atoms with E-state index in [4.69, 9.17) is 9.52 Å². The Bertz CT molecular complexity index is 1060. The van der Waals surface area contributed by atoms with Gasteiger partial charge in [-0.1, -0.05) is 30.7 Å². The van der Waals surface area contributed by atoms with Crippen molar-refractivity contribution in [2.45, 2.75) is 59.9 Å². The van der Waals surface area contributed by atoms with Gasteiger partial charge in [-0.25, -0.2) is 0 Å². The highest BCUT2D eigenvalue weighted by Crippen LogP contribution is 2.38. The lowest BCUT2D eigenvalue weighted by atomic mass is 10.0. The van der Waals surface area contributed by atoms with Crippen LogP contribution >= 0.6 is 0 Å². The molecule has 5 heteroatoms. The minimum atomic E-state index is 0.00665. The van der Waals surface area contributed by atoms with Gasteiger partial charge in [0.1, 0.15) is 17.0 Å². The average Bonchev–Trinajstić information content (AvgIpc) is 3.36. The fourth-order valence-electron chi connectivity index (χ4n) is 4.46. The molecule has 1 aliphatic rings. The molecule has 3 aromatic rings. The zero-order valence-corrected chi connectivity index (χ0v) is 17.7. The van der Waals surface area contributed by atoms with Crippen molar-refractivity contribution in [2.24, 2.45) is 5.92 Å². The minimum Gasteiger partial charge on any atom is -0.440 e. The van der Waals surface area contributed by atoms with Gasteiger partial charge in [0.05, 0.1) is 5.69 Å². The molecule has 4 rings (SSSR count). The minimum absolute atomic E-state index is 0.00665. The summed E-state index contributed by atoms with van der Waals surface area (Å²) in [5.41, 5.74) is 6.25. The Balaban J connectivity index is 1.81. The number of benzene rings is 1. The van der Waals surface area contributed by atoms with E-state index in [2.05, 4.69) is 39.0 Å². The monoisotopic (exact) mass is 379 g/mol. The first-order chi connectivity index (χ1) is 13.3. The van der Waals surface area contributed by atoms with Crippen LogP contribution in [0, 0.1) is 33.6 Å². The predicted molar refractivity (Wildman–Crippen MR) is 111 cm³/mol.